The molecule has 1 aromatic rings. The highest BCUT2D eigenvalue weighted by molar-refractivity contribution is 9.12. The summed E-state index contributed by atoms with van der Waals surface area (Å²) in [6, 6.07) is 9.79. The molecule has 0 saturated carbocycles. The van der Waals surface area contributed by atoms with Crippen molar-refractivity contribution in [2.75, 3.05) is 20.2 Å². The summed E-state index contributed by atoms with van der Waals surface area (Å²) in [5.41, 5.74) is 1.48. The molecule has 2 unspecified atom stereocenters. The molecule has 1 spiro atoms. The summed E-state index contributed by atoms with van der Waals surface area (Å²) in [5, 5.41) is 0. The van der Waals surface area contributed by atoms with E-state index in [9.17, 15) is 9.59 Å². The van der Waals surface area contributed by atoms with Gasteiger partial charge in [0.25, 0.3) is 0 Å². The number of esters is 1. The highest BCUT2D eigenvalue weighted by atomic mass is 79.9. The number of nitrogens with zero attached hydrogens (tertiary/aromatic N) is 2. The number of ether oxygens (including phenoxy) is 2. The van der Waals surface area contributed by atoms with Gasteiger partial charge >= 0.3 is 5.97 Å². The predicted molar refractivity (Wildman–Crippen MR) is 103 cm³/mol. The number of hydrogen-bond acceptors (Lipinski definition) is 6. The van der Waals surface area contributed by atoms with Crippen molar-refractivity contribution in [1.29, 1.82) is 0 Å². The minimum absolute atomic E-state index is 0.0964. The standard InChI is InChI=1S/C20H21BrN2O4/c1-22-11-16-19(27-12-14-5-3-2-4-6-14)18(25)15(21)10-23(16)13-20(22)7-8-26-17(24)9-20/h2-6,10-11,19H,7-9,12-13H2,1H3. The van der Waals surface area contributed by atoms with Gasteiger partial charge in [-0.05, 0) is 21.5 Å². The summed E-state index contributed by atoms with van der Waals surface area (Å²) < 4.78 is 11.6. The minimum Gasteiger partial charge on any atom is -0.466 e. The van der Waals surface area contributed by atoms with E-state index in [0.717, 1.165) is 17.7 Å². The first kappa shape index (κ1) is 18.3. The monoisotopic (exact) mass is 432 g/mol. The molecule has 6 nitrogen and oxygen atoms in total. The third-order valence-corrected chi connectivity index (χ3v) is 6.04. The van der Waals surface area contributed by atoms with Crippen LogP contribution < -0.4 is 0 Å². The van der Waals surface area contributed by atoms with Gasteiger partial charge in [0.1, 0.15) is 0 Å². The molecule has 1 aromatic carbocycles. The quantitative estimate of drug-likeness (QED) is 0.684. The van der Waals surface area contributed by atoms with Gasteiger partial charge in [-0.25, -0.2) is 0 Å². The Labute approximate surface area is 166 Å². The van der Waals surface area contributed by atoms with E-state index < -0.39 is 6.10 Å². The topological polar surface area (TPSA) is 59.1 Å². The van der Waals surface area contributed by atoms with Crippen molar-refractivity contribution in [3.05, 3.63) is 58.5 Å². The Hall–Kier alpha value is -2.12. The van der Waals surface area contributed by atoms with Crippen LogP contribution in [0.4, 0.5) is 0 Å². The molecule has 0 amide bonds. The van der Waals surface area contributed by atoms with Crippen LogP contribution in [-0.2, 0) is 25.7 Å². The molecule has 3 heterocycles. The summed E-state index contributed by atoms with van der Waals surface area (Å²) in [4.78, 5) is 28.7. The van der Waals surface area contributed by atoms with E-state index in [1.54, 1.807) is 6.20 Å². The third kappa shape index (κ3) is 3.41. The van der Waals surface area contributed by atoms with Crippen molar-refractivity contribution >= 4 is 27.7 Å². The Kier molecular flexibility index (Phi) is 4.82. The van der Waals surface area contributed by atoms with Crippen LogP contribution in [0.3, 0.4) is 0 Å². The Morgan fingerprint density at radius 1 is 1.26 bits per heavy atom. The van der Waals surface area contributed by atoms with E-state index >= 15 is 0 Å². The fourth-order valence-electron chi connectivity index (χ4n) is 3.84. The van der Waals surface area contributed by atoms with Gasteiger partial charge < -0.3 is 19.3 Å². The van der Waals surface area contributed by atoms with Crippen molar-refractivity contribution in [3.63, 3.8) is 0 Å². The average molecular weight is 433 g/mol. The summed E-state index contributed by atoms with van der Waals surface area (Å²) >= 11 is 3.38. The van der Waals surface area contributed by atoms with Gasteiger partial charge in [-0.3, -0.25) is 9.59 Å². The van der Waals surface area contributed by atoms with E-state index in [-0.39, 0.29) is 17.3 Å². The SMILES string of the molecule is CN1C=C2C(OCc3ccccc3)C(=O)C(Br)=CN2CC12CCOC(=O)C2. The molecule has 27 heavy (non-hydrogen) atoms. The van der Waals surface area contributed by atoms with Crippen molar-refractivity contribution in [2.24, 2.45) is 0 Å². The summed E-state index contributed by atoms with van der Waals surface area (Å²) in [6.45, 7) is 1.37. The van der Waals surface area contributed by atoms with E-state index in [4.69, 9.17) is 9.47 Å². The van der Waals surface area contributed by atoms with Crippen molar-refractivity contribution in [2.45, 2.75) is 31.1 Å². The first-order valence-electron chi connectivity index (χ1n) is 8.92. The van der Waals surface area contributed by atoms with Crippen molar-refractivity contribution in [1.82, 2.24) is 9.80 Å². The zero-order valence-electron chi connectivity index (χ0n) is 15.1. The second-order valence-corrected chi connectivity index (χ2v) is 8.04. The number of halogens is 1. The van der Waals surface area contributed by atoms with Crippen LogP contribution in [0.5, 0.6) is 0 Å². The second kappa shape index (κ2) is 7.13. The van der Waals surface area contributed by atoms with E-state index in [1.807, 2.05) is 48.5 Å². The van der Waals surface area contributed by atoms with Gasteiger partial charge in [-0.1, -0.05) is 30.3 Å². The molecule has 0 N–H and O–H groups in total. The van der Waals surface area contributed by atoms with Gasteiger partial charge in [0.2, 0.25) is 5.78 Å². The van der Waals surface area contributed by atoms with Crippen LogP contribution in [0.25, 0.3) is 0 Å². The normalized spacial score (nSPS) is 27.9. The molecule has 2 atom stereocenters. The highest BCUT2D eigenvalue weighted by Gasteiger charge is 2.47. The Balaban J connectivity index is 1.61. The van der Waals surface area contributed by atoms with Gasteiger partial charge in [-0.15, -0.1) is 0 Å². The molecule has 3 aliphatic rings. The number of cyclic esters (lactones) is 1. The summed E-state index contributed by atoms with van der Waals surface area (Å²) in [7, 11) is 1.95. The molecule has 7 heteroatoms. The Bertz CT molecular complexity index is 823. The van der Waals surface area contributed by atoms with Crippen LogP contribution in [0.15, 0.2) is 52.9 Å². The van der Waals surface area contributed by atoms with Crippen molar-refractivity contribution < 1.29 is 19.1 Å². The van der Waals surface area contributed by atoms with Gasteiger partial charge in [-0.2, -0.15) is 0 Å². The average Bonchev–Trinajstić information content (AvgIpc) is 2.65. The lowest BCUT2D eigenvalue weighted by molar-refractivity contribution is -0.155. The number of Topliss-reactive ketones (excluding diaryl/α,β-unsaturated/α-hetero) is 1. The highest BCUT2D eigenvalue weighted by Crippen LogP contribution is 2.38. The van der Waals surface area contributed by atoms with Crippen LogP contribution in [-0.4, -0.2) is 53.4 Å². The van der Waals surface area contributed by atoms with Crippen LogP contribution >= 0.6 is 15.9 Å². The molecule has 0 aromatic heterocycles. The minimum atomic E-state index is -0.681. The smallest absolute Gasteiger partial charge is 0.308 e. The lowest BCUT2D eigenvalue weighted by Gasteiger charge is -2.51. The first-order valence-corrected chi connectivity index (χ1v) is 9.72. The van der Waals surface area contributed by atoms with E-state index in [1.165, 1.54) is 0 Å². The number of ketones is 1. The number of benzene rings is 1. The number of likely N-dealkylation sites (N-methyl/N-ethyl adjacent to an activating group) is 1. The molecule has 4 rings (SSSR count). The molecular formula is C20H21BrN2O4. The number of rotatable bonds is 3. The maximum absolute atomic E-state index is 12.7. The van der Waals surface area contributed by atoms with Crippen LogP contribution in [0.2, 0.25) is 0 Å². The van der Waals surface area contributed by atoms with E-state index in [0.29, 0.717) is 30.7 Å². The predicted octanol–water partition coefficient (Wildman–Crippen LogP) is 2.56. The lowest BCUT2D eigenvalue weighted by atomic mass is 9.85. The molecule has 1 fully saturated rings. The maximum Gasteiger partial charge on any atom is 0.308 e. The zero-order valence-corrected chi connectivity index (χ0v) is 16.6. The molecule has 142 valence electrons. The van der Waals surface area contributed by atoms with Crippen LogP contribution in [0.1, 0.15) is 18.4 Å². The summed E-state index contributed by atoms with van der Waals surface area (Å²) in [5.74, 6) is -0.279. The molecule has 0 bridgehead atoms. The van der Waals surface area contributed by atoms with E-state index in [2.05, 4.69) is 20.8 Å². The maximum atomic E-state index is 12.7. The first-order chi connectivity index (χ1) is 13.0. The molecule has 3 aliphatic heterocycles. The zero-order chi connectivity index (χ0) is 19.0. The third-order valence-electron chi connectivity index (χ3n) is 5.45. The number of fused-ring (bicyclic) bond motifs is 1. The second-order valence-electron chi connectivity index (χ2n) is 7.18. The largest absolute Gasteiger partial charge is 0.466 e. The van der Waals surface area contributed by atoms with Gasteiger partial charge in [0, 0.05) is 32.4 Å². The lowest BCUT2D eigenvalue weighted by Crippen LogP contribution is -2.60. The molecule has 1 saturated heterocycles. The number of carbonyl (C=O) groups excluding carboxylic acids is 2. The van der Waals surface area contributed by atoms with Crippen molar-refractivity contribution in [3.8, 4) is 0 Å². The Morgan fingerprint density at radius 2 is 2.04 bits per heavy atom. The number of carbonyl (C=O) groups is 2. The van der Waals surface area contributed by atoms with Gasteiger partial charge in [0.15, 0.2) is 6.10 Å². The fraction of sp³-hybridized carbons (Fsp3) is 0.400. The fourth-order valence-corrected chi connectivity index (χ4v) is 4.30. The summed E-state index contributed by atoms with van der Waals surface area (Å²) in [6.07, 6.45) is 4.14. The molecule has 0 aliphatic carbocycles. The molecule has 0 radical (unpaired) electrons. The molecular weight excluding hydrogens is 412 g/mol. The van der Waals surface area contributed by atoms with Gasteiger partial charge in [0.05, 0.1) is 35.4 Å². The number of hydrogen-bond donors (Lipinski definition) is 0. The van der Waals surface area contributed by atoms with Crippen LogP contribution in [0, 0.1) is 0 Å². The Morgan fingerprint density at radius 3 is 2.78 bits per heavy atom.